The summed E-state index contributed by atoms with van der Waals surface area (Å²) < 4.78 is 0. The lowest BCUT2D eigenvalue weighted by Crippen LogP contribution is -2.50. The highest BCUT2D eigenvalue weighted by Crippen LogP contribution is 2.21. The van der Waals surface area contributed by atoms with Crippen LogP contribution in [0.15, 0.2) is 0 Å². The first kappa shape index (κ1) is 15.3. The van der Waals surface area contributed by atoms with Crippen molar-refractivity contribution in [3.05, 3.63) is 17.1 Å². The molecule has 0 aliphatic carbocycles. The van der Waals surface area contributed by atoms with Gasteiger partial charge in [0.15, 0.2) is 4.84 Å². The topological polar surface area (TPSA) is 49.3 Å². The molecule has 0 aromatic carbocycles. The minimum Gasteiger partial charge on any atom is -0.353 e. The van der Waals surface area contributed by atoms with E-state index in [2.05, 4.69) is 14.9 Å². The van der Waals surface area contributed by atoms with E-state index in [1.807, 2.05) is 20.8 Å². The van der Waals surface area contributed by atoms with Gasteiger partial charge in [-0.1, -0.05) is 23.2 Å². The van der Waals surface area contributed by atoms with E-state index in [0.717, 1.165) is 36.0 Å². The summed E-state index contributed by atoms with van der Waals surface area (Å²) >= 11 is 11.2. The Morgan fingerprint density at radius 3 is 2.25 bits per heavy atom. The summed E-state index contributed by atoms with van der Waals surface area (Å²) in [5.74, 6) is 1.50. The highest BCUT2D eigenvalue weighted by atomic mass is 35.5. The summed E-state index contributed by atoms with van der Waals surface area (Å²) in [7, 11) is 0. The summed E-state index contributed by atoms with van der Waals surface area (Å²) in [5, 5.41) is 0. The number of aryl methyl sites for hydroxylation is 2. The molecule has 0 radical (unpaired) electrons. The average molecular weight is 317 g/mol. The van der Waals surface area contributed by atoms with Crippen LogP contribution in [0.4, 0.5) is 5.82 Å². The lowest BCUT2D eigenvalue weighted by atomic mass is 10.2. The standard InChI is InChI=1S/C13H18Cl2N4O/c1-8-9(2)16-10(3)17-12(8)18-4-6-19(7-5-18)13(20)11(14)15/h11H,4-7H2,1-3H3. The SMILES string of the molecule is Cc1nc(C)c(C)c(N2CCN(C(=O)C(Cl)Cl)CC2)n1. The first-order valence-electron chi connectivity index (χ1n) is 6.54. The number of anilines is 1. The molecular weight excluding hydrogens is 299 g/mol. The highest BCUT2D eigenvalue weighted by molar-refractivity contribution is 6.53. The van der Waals surface area contributed by atoms with Crippen LogP contribution in [0.25, 0.3) is 0 Å². The van der Waals surface area contributed by atoms with Crippen molar-refractivity contribution < 1.29 is 4.79 Å². The summed E-state index contributed by atoms with van der Waals surface area (Å²) in [5.41, 5.74) is 2.08. The van der Waals surface area contributed by atoms with Crippen molar-refractivity contribution in [1.29, 1.82) is 0 Å². The fourth-order valence-electron chi connectivity index (χ4n) is 2.34. The van der Waals surface area contributed by atoms with Gasteiger partial charge in [0.1, 0.15) is 11.6 Å². The predicted octanol–water partition coefficient (Wildman–Crippen LogP) is 1.85. The van der Waals surface area contributed by atoms with Crippen LogP contribution < -0.4 is 4.90 Å². The van der Waals surface area contributed by atoms with Gasteiger partial charge in [0.05, 0.1) is 0 Å². The molecule has 2 rings (SSSR count). The number of hydrogen-bond acceptors (Lipinski definition) is 4. The molecule has 20 heavy (non-hydrogen) atoms. The van der Waals surface area contributed by atoms with Gasteiger partial charge in [0, 0.05) is 37.4 Å². The van der Waals surface area contributed by atoms with E-state index in [1.54, 1.807) is 4.90 Å². The molecule has 0 bridgehead atoms. The molecule has 0 unspecified atom stereocenters. The average Bonchev–Trinajstić information content (AvgIpc) is 2.42. The van der Waals surface area contributed by atoms with E-state index < -0.39 is 4.84 Å². The monoisotopic (exact) mass is 316 g/mol. The van der Waals surface area contributed by atoms with E-state index in [-0.39, 0.29) is 5.91 Å². The maximum atomic E-state index is 11.7. The zero-order valence-corrected chi connectivity index (χ0v) is 13.4. The molecule has 0 N–H and O–H groups in total. The van der Waals surface area contributed by atoms with Crippen molar-refractivity contribution >= 4 is 34.9 Å². The normalized spacial score (nSPS) is 15.9. The Morgan fingerprint density at radius 1 is 1.10 bits per heavy atom. The van der Waals surface area contributed by atoms with E-state index in [0.29, 0.717) is 13.1 Å². The van der Waals surface area contributed by atoms with Gasteiger partial charge in [-0.15, -0.1) is 0 Å². The Bertz CT molecular complexity index is 513. The quantitative estimate of drug-likeness (QED) is 0.781. The number of piperazine rings is 1. The molecule has 0 saturated carbocycles. The molecule has 1 saturated heterocycles. The Morgan fingerprint density at radius 2 is 1.70 bits per heavy atom. The van der Waals surface area contributed by atoms with Gasteiger partial charge < -0.3 is 9.80 Å². The molecule has 7 heteroatoms. The van der Waals surface area contributed by atoms with Crippen LogP contribution >= 0.6 is 23.2 Å². The number of alkyl halides is 2. The van der Waals surface area contributed by atoms with Gasteiger partial charge in [0.2, 0.25) is 0 Å². The number of halogens is 2. The van der Waals surface area contributed by atoms with Crippen molar-refractivity contribution in [2.45, 2.75) is 25.6 Å². The third-order valence-corrected chi connectivity index (χ3v) is 3.93. The van der Waals surface area contributed by atoms with E-state index in [9.17, 15) is 4.79 Å². The van der Waals surface area contributed by atoms with Crippen molar-refractivity contribution in [3.8, 4) is 0 Å². The summed E-state index contributed by atoms with van der Waals surface area (Å²) in [6.45, 7) is 8.56. The Labute approximate surface area is 128 Å². The van der Waals surface area contributed by atoms with Gasteiger partial charge >= 0.3 is 0 Å². The molecule has 0 atom stereocenters. The fraction of sp³-hybridized carbons (Fsp3) is 0.615. The molecule has 1 aliphatic heterocycles. The Balaban J connectivity index is 2.10. The second-order valence-corrected chi connectivity index (χ2v) is 6.01. The van der Waals surface area contributed by atoms with Crippen LogP contribution in [-0.4, -0.2) is 51.8 Å². The number of hydrogen-bond donors (Lipinski definition) is 0. The number of carbonyl (C=O) groups is 1. The van der Waals surface area contributed by atoms with Gasteiger partial charge in [0.25, 0.3) is 5.91 Å². The second-order valence-electron chi connectivity index (χ2n) is 4.92. The molecule has 1 amide bonds. The van der Waals surface area contributed by atoms with Crippen molar-refractivity contribution in [2.75, 3.05) is 31.1 Å². The molecule has 1 aromatic rings. The first-order valence-corrected chi connectivity index (χ1v) is 7.41. The van der Waals surface area contributed by atoms with Crippen LogP contribution in [0.2, 0.25) is 0 Å². The molecular formula is C13H18Cl2N4O. The second kappa shape index (κ2) is 6.14. The van der Waals surface area contributed by atoms with Gasteiger partial charge in [-0.3, -0.25) is 4.79 Å². The summed E-state index contributed by atoms with van der Waals surface area (Å²) in [6, 6.07) is 0. The smallest absolute Gasteiger partial charge is 0.255 e. The first-order chi connectivity index (χ1) is 9.40. The van der Waals surface area contributed by atoms with E-state index in [1.165, 1.54) is 0 Å². The van der Waals surface area contributed by atoms with Gasteiger partial charge in [-0.25, -0.2) is 9.97 Å². The Kier molecular flexibility index (Phi) is 4.70. The summed E-state index contributed by atoms with van der Waals surface area (Å²) in [4.78, 5) is 23.5. The molecule has 1 fully saturated rings. The Hall–Kier alpha value is -1.07. The van der Waals surface area contributed by atoms with Crippen molar-refractivity contribution in [3.63, 3.8) is 0 Å². The van der Waals surface area contributed by atoms with Crippen LogP contribution in [0, 0.1) is 20.8 Å². The molecule has 5 nitrogen and oxygen atoms in total. The molecule has 2 heterocycles. The predicted molar refractivity (Wildman–Crippen MR) is 80.5 cm³/mol. The molecule has 1 aliphatic rings. The fourth-order valence-corrected chi connectivity index (χ4v) is 2.61. The lowest BCUT2D eigenvalue weighted by molar-refractivity contribution is -0.129. The maximum Gasteiger partial charge on any atom is 0.255 e. The third-order valence-electron chi connectivity index (χ3n) is 3.55. The lowest BCUT2D eigenvalue weighted by Gasteiger charge is -2.36. The number of amides is 1. The van der Waals surface area contributed by atoms with Crippen LogP contribution in [0.1, 0.15) is 17.1 Å². The van der Waals surface area contributed by atoms with Gasteiger partial charge in [-0.05, 0) is 20.8 Å². The van der Waals surface area contributed by atoms with Crippen LogP contribution in [0.5, 0.6) is 0 Å². The minimum absolute atomic E-state index is 0.222. The maximum absolute atomic E-state index is 11.7. The van der Waals surface area contributed by atoms with Crippen LogP contribution in [-0.2, 0) is 4.79 Å². The number of nitrogens with zero attached hydrogens (tertiary/aromatic N) is 4. The minimum atomic E-state index is -0.980. The largest absolute Gasteiger partial charge is 0.353 e. The number of rotatable bonds is 2. The zero-order chi connectivity index (χ0) is 14.9. The molecule has 0 spiro atoms. The van der Waals surface area contributed by atoms with E-state index >= 15 is 0 Å². The third kappa shape index (κ3) is 3.15. The molecule has 1 aromatic heterocycles. The number of carbonyl (C=O) groups excluding carboxylic acids is 1. The van der Waals surface area contributed by atoms with Crippen molar-refractivity contribution in [2.24, 2.45) is 0 Å². The highest BCUT2D eigenvalue weighted by Gasteiger charge is 2.26. The van der Waals surface area contributed by atoms with E-state index in [4.69, 9.17) is 23.2 Å². The summed E-state index contributed by atoms with van der Waals surface area (Å²) in [6.07, 6.45) is 0. The molecule has 110 valence electrons. The zero-order valence-electron chi connectivity index (χ0n) is 11.9. The van der Waals surface area contributed by atoms with Crippen molar-refractivity contribution in [1.82, 2.24) is 14.9 Å². The number of aromatic nitrogens is 2. The van der Waals surface area contributed by atoms with Gasteiger partial charge in [-0.2, -0.15) is 0 Å². The van der Waals surface area contributed by atoms with Crippen LogP contribution in [0.3, 0.4) is 0 Å².